The molecule has 0 N–H and O–H groups in total. The number of hydrogen-bond acceptors (Lipinski definition) is 0. The molecule has 0 saturated carbocycles. The second-order valence-electron chi connectivity index (χ2n) is 4.39. The summed E-state index contributed by atoms with van der Waals surface area (Å²) >= 11 is 0. The van der Waals surface area contributed by atoms with Crippen molar-refractivity contribution in [2.45, 2.75) is 6.42 Å². The molecule has 0 radical (unpaired) electrons. The Morgan fingerprint density at radius 1 is 1.08 bits per heavy atom. The predicted octanol–water partition coefficient (Wildman–Crippen LogP) is 2.07. The minimum atomic E-state index is -0.158. The monoisotopic (exact) mass is 182 g/mol. The molecule has 0 atom stereocenters. The molecule has 0 amide bonds. The van der Waals surface area contributed by atoms with Crippen molar-refractivity contribution in [2.75, 3.05) is 27.7 Å². The smallest absolute Gasteiger partial charge is 0.123 e. The zero-order valence-corrected chi connectivity index (χ0v) is 8.55. The van der Waals surface area contributed by atoms with E-state index in [1.807, 2.05) is 12.1 Å². The lowest BCUT2D eigenvalue weighted by Crippen LogP contribution is -2.36. The van der Waals surface area contributed by atoms with Crippen molar-refractivity contribution in [3.8, 4) is 0 Å². The molecule has 0 spiro atoms. The van der Waals surface area contributed by atoms with Crippen LogP contribution in [0.25, 0.3) is 0 Å². The third-order valence-corrected chi connectivity index (χ3v) is 1.98. The molecule has 72 valence electrons. The van der Waals surface area contributed by atoms with Gasteiger partial charge in [0.15, 0.2) is 0 Å². The molecule has 0 aliphatic heterocycles. The Balaban J connectivity index is 2.51. The van der Waals surface area contributed by atoms with E-state index >= 15 is 0 Å². The van der Waals surface area contributed by atoms with E-state index in [0.29, 0.717) is 0 Å². The summed E-state index contributed by atoms with van der Waals surface area (Å²) in [6.07, 6.45) is 1.00. The predicted molar refractivity (Wildman–Crippen MR) is 53.0 cm³/mol. The van der Waals surface area contributed by atoms with Crippen LogP contribution in [0.1, 0.15) is 5.56 Å². The quantitative estimate of drug-likeness (QED) is 0.628. The molecule has 0 unspecified atom stereocenters. The third kappa shape index (κ3) is 4.04. The minimum absolute atomic E-state index is 0.158. The number of quaternary nitrogens is 1. The first-order chi connectivity index (χ1) is 5.97. The molecule has 1 nitrogen and oxygen atoms in total. The fourth-order valence-corrected chi connectivity index (χ4v) is 1.12. The van der Waals surface area contributed by atoms with Crippen LogP contribution in [0.4, 0.5) is 4.39 Å². The van der Waals surface area contributed by atoms with Gasteiger partial charge in [-0.2, -0.15) is 0 Å². The van der Waals surface area contributed by atoms with E-state index in [0.717, 1.165) is 17.4 Å². The number of likely N-dealkylation sites (N-methyl/N-ethyl adjacent to an activating group) is 1. The molecule has 2 heteroatoms. The summed E-state index contributed by atoms with van der Waals surface area (Å²) in [5, 5.41) is 0. The van der Waals surface area contributed by atoms with E-state index in [1.54, 1.807) is 0 Å². The molecule has 0 aliphatic carbocycles. The lowest BCUT2D eigenvalue weighted by molar-refractivity contribution is -0.870. The zero-order chi connectivity index (χ0) is 9.90. The van der Waals surface area contributed by atoms with Crippen LogP contribution in [0.3, 0.4) is 0 Å². The first kappa shape index (κ1) is 10.2. The van der Waals surface area contributed by atoms with Crippen LogP contribution in [0.5, 0.6) is 0 Å². The Bertz CT molecular complexity index is 258. The number of rotatable bonds is 3. The summed E-state index contributed by atoms with van der Waals surface area (Å²) in [7, 11) is 6.47. The number of halogens is 1. The second-order valence-corrected chi connectivity index (χ2v) is 4.39. The van der Waals surface area contributed by atoms with Gasteiger partial charge in [0.2, 0.25) is 0 Å². The first-order valence-corrected chi connectivity index (χ1v) is 4.52. The van der Waals surface area contributed by atoms with E-state index < -0.39 is 0 Å². The van der Waals surface area contributed by atoms with Crippen molar-refractivity contribution in [1.82, 2.24) is 0 Å². The van der Waals surface area contributed by atoms with Crippen LogP contribution < -0.4 is 0 Å². The van der Waals surface area contributed by atoms with E-state index in [1.165, 1.54) is 17.7 Å². The summed E-state index contributed by atoms with van der Waals surface area (Å²) in [4.78, 5) is 0. The topological polar surface area (TPSA) is 0 Å². The van der Waals surface area contributed by atoms with Crippen LogP contribution in [0.15, 0.2) is 24.3 Å². The van der Waals surface area contributed by atoms with Crippen molar-refractivity contribution >= 4 is 0 Å². The number of hydrogen-bond donors (Lipinski definition) is 0. The molecule has 1 rings (SSSR count). The van der Waals surface area contributed by atoms with Crippen LogP contribution in [0, 0.1) is 5.82 Å². The molecule has 0 fully saturated rings. The van der Waals surface area contributed by atoms with Gasteiger partial charge in [-0.25, -0.2) is 4.39 Å². The van der Waals surface area contributed by atoms with Crippen LogP contribution in [0.2, 0.25) is 0 Å². The van der Waals surface area contributed by atoms with Crippen molar-refractivity contribution < 1.29 is 8.87 Å². The second kappa shape index (κ2) is 3.88. The van der Waals surface area contributed by atoms with Gasteiger partial charge in [0, 0.05) is 6.42 Å². The Kier molecular flexibility index (Phi) is 3.04. The molecule has 0 aliphatic rings. The maximum atomic E-state index is 12.6. The lowest BCUT2D eigenvalue weighted by Gasteiger charge is -2.23. The van der Waals surface area contributed by atoms with Gasteiger partial charge in [0.05, 0.1) is 27.7 Å². The van der Waals surface area contributed by atoms with E-state index in [9.17, 15) is 4.39 Å². The molecule has 1 aromatic carbocycles. The summed E-state index contributed by atoms with van der Waals surface area (Å²) < 4.78 is 13.5. The maximum absolute atomic E-state index is 12.6. The number of benzene rings is 1. The summed E-state index contributed by atoms with van der Waals surface area (Å²) in [6.45, 7) is 1.08. The van der Waals surface area contributed by atoms with Gasteiger partial charge in [0.25, 0.3) is 0 Å². The standard InChI is InChI=1S/C11H17FN/c1-13(2,3)9-8-10-4-6-11(12)7-5-10/h4-7H,8-9H2,1-3H3/q+1. The van der Waals surface area contributed by atoms with Crippen molar-refractivity contribution in [2.24, 2.45) is 0 Å². The fraction of sp³-hybridized carbons (Fsp3) is 0.455. The Morgan fingerprint density at radius 2 is 1.62 bits per heavy atom. The molecule has 0 aromatic heterocycles. The highest BCUT2D eigenvalue weighted by Crippen LogP contribution is 2.05. The Morgan fingerprint density at radius 3 is 2.08 bits per heavy atom. The molecule has 0 bridgehead atoms. The highest BCUT2D eigenvalue weighted by Gasteiger charge is 2.06. The van der Waals surface area contributed by atoms with Gasteiger partial charge < -0.3 is 4.48 Å². The molecule has 0 heterocycles. The molecular weight excluding hydrogens is 165 g/mol. The number of nitrogens with zero attached hydrogens (tertiary/aromatic N) is 1. The maximum Gasteiger partial charge on any atom is 0.123 e. The van der Waals surface area contributed by atoms with Gasteiger partial charge in [-0.1, -0.05) is 12.1 Å². The molecule has 13 heavy (non-hydrogen) atoms. The Hall–Kier alpha value is -0.890. The van der Waals surface area contributed by atoms with E-state index in [-0.39, 0.29) is 5.82 Å². The van der Waals surface area contributed by atoms with E-state index in [4.69, 9.17) is 0 Å². The van der Waals surface area contributed by atoms with Crippen molar-refractivity contribution in [1.29, 1.82) is 0 Å². The average Bonchev–Trinajstić information content (AvgIpc) is 2.02. The minimum Gasteiger partial charge on any atom is -0.331 e. The van der Waals surface area contributed by atoms with Gasteiger partial charge in [-0.15, -0.1) is 0 Å². The Labute approximate surface area is 79.4 Å². The summed E-state index contributed by atoms with van der Waals surface area (Å²) in [5.74, 6) is -0.158. The molecule has 0 saturated heterocycles. The molecule has 1 aromatic rings. The van der Waals surface area contributed by atoms with Gasteiger partial charge in [0.1, 0.15) is 5.82 Å². The third-order valence-electron chi connectivity index (χ3n) is 1.98. The summed E-state index contributed by atoms with van der Waals surface area (Å²) in [5.41, 5.74) is 1.20. The fourth-order valence-electron chi connectivity index (χ4n) is 1.12. The lowest BCUT2D eigenvalue weighted by atomic mass is 10.1. The van der Waals surface area contributed by atoms with Gasteiger partial charge >= 0.3 is 0 Å². The SMILES string of the molecule is C[N+](C)(C)CCc1ccc(F)cc1. The average molecular weight is 182 g/mol. The van der Waals surface area contributed by atoms with Crippen molar-refractivity contribution in [3.05, 3.63) is 35.6 Å². The first-order valence-electron chi connectivity index (χ1n) is 4.52. The van der Waals surface area contributed by atoms with Crippen LogP contribution in [-0.2, 0) is 6.42 Å². The van der Waals surface area contributed by atoms with Crippen molar-refractivity contribution in [3.63, 3.8) is 0 Å². The van der Waals surface area contributed by atoms with Gasteiger partial charge in [-0.05, 0) is 17.7 Å². The normalized spacial score (nSPS) is 11.7. The zero-order valence-electron chi connectivity index (χ0n) is 8.55. The van der Waals surface area contributed by atoms with Crippen LogP contribution >= 0.6 is 0 Å². The highest BCUT2D eigenvalue weighted by molar-refractivity contribution is 5.15. The van der Waals surface area contributed by atoms with E-state index in [2.05, 4.69) is 21.1 Å². The summed E-state index contributed by atoms with van der Waals surface area (Å²) in [6, 6.07) is 6.74. The largest absolute Gasteiger partial charge is 0.331 e. The highest BCUT2D eigenvalue weighted by atomic mass is 19.1. The van der Waals surface area contributed by atoms with Crippen LogP contribution in [-0.4, -0.2) is 32.2 Å². The molecular formula is C11H17FN+. The van der Waals surface area contributed by atoms with Gasteiger partial charge in [-0.3, -0.25) is 0 Å².